The maximum Gasteiger partial charge on any atom is 0.263 e. The lowest BCUT2D eigenvalue weighted by Crippen LogP contribution is -2.30. The van der Waals surface area contributed by atoms with Crippen molar-refractivity contribution in [1.82, 2.24) is 9.62 Å². The first-order valence-corrected chi connectivity index (χ1v) is 13.4. The first-order chi connectivity index (χ1) is 16.5. The van der Waals surface area contributed by atoms with Crippen LogP contribution >= 0.6 is 0 Å². The maximum absolute atomic E-state index is 12.9. The molecule has 2 aromatic carbocycles. The van der Waals surface area contributed by atoms with Gasteiger partial charge < -0.3 is 14.4 Å². The number of amides is 1. The van der Waals surface area contributed by atoms with Gasteiger partial charge in [-0.25, -0.2) is 8.42 Å². The predicted octanol–water partition coefficient (Wildman–Crippen LogP) is 3.42. The first-order valence-electron chi connectivity index (χ1n) is 11.9. The average molecular weight is 484 g/mol. The predicted molar refractivity (Wildman–Crippen MR) is 128 cm³/mol. The number of amidine groups is 1. The van der Waals surface area contributed by atoms with Crippen LogP contribution in [0.3, 0.4) is 0 Å². The summed E-state index contributed by atoms with van der Waals surface area (Å²) in [5.74, 6) is 2.12. The van der Waals surface area contributed by atoms with Gasteiger partial charge in [0.05, 0.1) is 10.9 Å². The summed E-state index contributed by atoms with van der Waals surface area (Å²) in [4.78, 5) is 19.7. The molecule has 0 unspecified atom stereocenters. The van der Waals surface area contributed by atoms with Crippen LogP contribution < -0.4 is 14.2 Å². The lowest BCUT2D eigenvalue weighted by atomic mass is 10.0. The maximum atomic E-state index is 12.9. The number of benzene rings is 2. The third-order valence-electron chi connectivity index (χ3n) is 6.51. The van der Waals surface area contributed by atoms with Crippen molar-refractivity contribution in [2.24, 2.45) is 4.99 Å². The Kier molecular flexibility index (Phi) is 6.45. The fraction of sp³-hybridized carbons (Fsp3) is 0.440. The number of fused-ring (bicyclic) bond motifs is 2. The molecule has 1 amide bonds. The van der Waals surface area contributed by atoms with Gasteiger partial charge in [-0.15, -0.1) is 0 Å². The summed E-state index contributed by atoms with van der Waals surface area (Å²) < 4.78 is 38.2. The van der Waals surface area contributed by atoms with E-state index in [0.717, 1.165) is 55.7 Å². The fourth-order valence-corrected chi connectivity index (χ4v) is 6.08. The highest BCUT2D eigenvalue weighted by molar-refractivity contribution is 7.90. The Morgan fingerprint density at radius 1 is 1.06 bits per heavy atom. The van der Waals surface area contributed by atoms with Crippen molar-refractivity contribution in [3.63, 3.8) is 0 Å². The highest BCUT2D eigenvalue weighted by Crippen LogP contribution is 2.38. The minimum absolute atomic E-state index is 0.0881. The molecular formula is C25H29N3O5S. The number of carbonyl (C=O) groups is 1. The number of nitrogens with one attached hydrogen (secondary N) is 1. The molecule has 1 fully saturated rings. The molecule has 0 saturated carbocycles. The molecule has 0 radical (unpaired) electrons. The highest BCUT2D eigenvalue weighted by Gasteiger charge is 2.31. The van der Waals surface area contributed by atoms with Crippen molar-refractivity contribution in [2.75, 3.05) is 26.3 Å². The molecule has 1 saturated heterocycles. The van der Waals surface area contributed by atoms with Crippen LogP contribution in [-0.4, -0.2) is 51.4 Å². The third kappa shape index (κ3) is 4.61. The number of unbranched alkanes of at least 4 members (excludes halogenated alkanes) is 2. The van der Waals surface area contributed by atoms with Gasteiger partial charge in [0.15, 0.2) is 11.5 Å². The highest BCUT2D eigenvalue weighted by atomic mass is 32.2. The van der Waals surface area contributed by atoms with Crippen molar-refractivity contribution in [1.29, 1.82) is 0 Å². The minimum atomic E-state index is -3.50. The van der Waals surface area contributed by atoms with Crippen molar-refractivity contribution in [2.45, 2.75) is 49.5 Å². The molecule has 0 bridgehead atoms. The lowest BCUT2D eigenvalue weighted by molar-refractivity contribution is -0.132. The van der Waals surface area contributed by atoms with Crippen LogP contribution in [0.1, 0.15) is 55.7 Å². The lowest BCUT2D eigenvalue weighted by Gasteiger charge is -2.27. The first kappa shape index (κ1) is 22.7. The number of nitrogens with zero attached hydrogens (tertiary/aromatic N) is 2. The molecular weight excluding hydrogens is 454 g/mol. The molecule has 1 atom stereocenters. The Balaban J connectivity index is 1.10. The number of rotatable bonds is 7. The van der Waals surface area contributed by atoms with Crippen LogP contribution in [0.2, 0.25) is 0 Å². The van der Waals surface area contributed by atoms with Gasteiger partial charge in [-0.3, -0.25) is 14.5 Å². The summed E-state index contributed by atoms with van der Waals surface area (Å²) in [7, 11) is -3.50. The second-order valence-corrected chi connectivity index (χ2v) is 10.4. The van der Waals surface area contributed by atoms with Crippen molar-refractivity contribution >= 4 is 21.8 Å². The molecule has 5 rings (SSSR count). The van der Waals surface area contributed by atoms with Gasteiger partial charge in [0, 0.05) is 25.1 Å². The summed E-state index contributed by atoms with van der Waals surface area (Å²) in [5, 5.41) is 0. The molecule has 0 aromatic heterocycles. The normalized spacial score (nSPS) is 21.4. The summed E-state index contributed by atoms with van der Waals surface area (Å²) in [6.07, 6.45) is 4.91. The number of hydrogen-bond acceptors (Lipinski definition) is 6. The van der Waals surface area contributed by atoms with E-state index in [1.807, 2.05) is 23.1 Å². The van der Waals surface area contributed by atoms with Gasteiger partial charge >= 0.3 is 0 Å². The Morgan fingerprint density at radius 2 is 1.88 bits per heavy atom. The van der Waals surface area contributed by atoms with Gasteiger partial charge in [0.2, 0.25) is 5.91 Å². The molecule has 3 heterocycles. The summed E-state index contributed by atoms with van der Waals surface area (Å²) in [6, 6.07) is 12.9. The number of likely N-dealkylation sites (tertiary alicyclic amines) is 1. The average Bonchev–Trinajstić information content (AvgIpc) is 3.44. The van der Waals surface area contributed by atoms with Crippen LogP contribution in [0.5, 0.6) is 11.5 Å². The van der Waals surface area contributed by atoms with Crippen LogP contribution in [0, 0.1) is 0 Å². The van der Waals surface area contributed by atoms with E-state index in [9.17, 15) is 13.2 Å². The Bertz CT molecular complexity index is 1210. The van der Waals surface area contributed by atoms with E-state index in [1.54, 1.807) is 24.3 Å². The number of carbonyl (C=O) groups excluding carboxylic acids is 1. The third-order valence-corrected chi connectivity index (χ3v) is 7.90. The molecule has 3 aliphatic heterocycles. The molecule has 34 heavy (non-hydrogen) atoms. The zero-order valence-corrected chi connectivity index (χ0v) is 19.9. The summed E-state index contributed by atoms with van der Waals surface area (Å²) in [5.41, 5.74) is 1.72. The molecule has 8 nitrogen and oxygen atoms in total. The minimum Gasteiger partial charge on any atom is -0.486 e. The fourth-order valence-electron chi connectivity index (χ4n) is 4.83. The van der Waals surface area contributed by atoms with E-state index >= 15 is 0 Å². The Morgan fingerprint density at radius 3 is 2.76 bits per heavy atom. The number of aliphatic imine (C=N–C) groups is 1. The van der Waals surface area contributed by atoms with E-state index in [4.69, 9.17) is 9.47 Å². The SMILES string of the molecule is O=C(CCCCCN=C1NS(=O)(=O)c2ccccc21)N1CCC[C@@H]1c1ccc2c(c1)OCCO2. The Labute approximate surface area is 200 Å². The number of ether oxygens (including phenoxy) is 2. The van der Waals surface area contributed by atoms with Crippen molar-refractivity contribution in [3.05, 3.63) is 53.6 Å². The largest absolute Gasteiger partial charge is 0.486 e. The van der Waals surface area contributed by atoms with Gasteiger partial charge in [0.1, 0.15) is 19.0 Å². The standard InChI is InChI=1S/C25H29N3O5S/c29-24(28-14-6-8-20(28)18-11-12-21-22(17-18)33-16-15-32-21)10-2-1-5-13-26-25-19-7-3-4-9-23(19)34(30,31)27-25/h3-4,7,9,11-12,17,20H,1-2,5-6,8,10,13-16H2,(H,26,27)/t20-/m1/s1. The van der Waals surface area contributed by atoms with Gasteiger partial charge in [-0.1, -0.05) is 24.6 Å². The molecule has 0 aliphatic carbocycles. The molecule has 2 aromatic rings. The van der Waals surface area contributed by atoms with Gasteiger partial charge in [-0.2, -0.15) is 0 Å². The molecule has 0 spiro atoms. The van der Waals surface area contributed by atoms with Crippen molar-refractivity contribution < 1.29 is 22.7 Å². The number of hydrogen-bond donors (Lipinski definition) is 1. The second kappa shape index (κ2) is 9.66. The van der Waals surface area contributed by atoms with Crippen molar-refractivity contribution in [3.8, 4) is 11.5 Å². The topological polar surface area (TPSA) is 97.3 Å². The molecule has 1 N–H and O–H groups in total. The summed E-state index contributed by atoms with van der Waals surface area (Å²) >= 11 is 0. The molecule has 9 heteroatoms. The Hall–Kier alpha value is -3.07. The van der Waals surface area contributed by atoms with Crippen LogP contribution in [0.15, 0.2) is 52.4 Å². The van der Waals surface area contributed by atoms with Crippen LogP contribution in [0.4, 0.5) is 0 Å². The van der Waals surface area contributed by atoms with Gasteiger partial charge in [0.25, 0.3) is 10.0 Å². The smallest absolute Gasteiger partial charge is 0.263 e. The molecule has 3 aliphatic rings. The quantitative estimate of drug-likeness (QED) is 0.609. The zero-order chi connectivity index (χ0) is 23.5. The van der Waals surface area contributed by atoms with E-state index in [0.29, 0.717) is 37.6 Å². The summed E-state index contributed by atoms with van der Waals surface area (Å²) in [6.45, 7) is 2.42. The second-order valence-electron chi connectivity index (χ2n) is 8.79. The van der Waals surface area contributed by atoms with E-state index in [2.05, 4.69) is 9.71 Å². The molecule has 180 valence electrons. The van der Waals surface area contributed by atoms with Crippen LogP contribution in [-0.2, 0) is 14.8 Å². The van der Waals surface area contributed by atoms with Gasteiger partial charge in [-0.05, 0) is 55.5 Å². The monoisotopic (exact) mass is 483 g/mol. The van der Waals surface area contributed by atoms with E-state index in [-0.39, 0.29) is 16.8 Å². The zero-order valence-electron chi connectivity index (χ0n) is 19.0. The number of sulfonamides is 1. The van der Waals surface area contributed by atoms with Crippen LogP contribution in [0.25, 0.3) is 0 Å². The van der Waals surface area contributed by atoms with E-state index < -0.39 is 10.0 Å². The van der Waals surface area contributed by atoms with E-state index in [1.165, 1.54) is 0 Å².